The molecule has 1 fully saturated rings. The van der Waals surface area contributed by atoms with Crippen molar-refractivity contribution in [1.82, 2.24) is 9.78 Å². The minimum atomic E-state index is -0.532. The summed E-state index contributed by atoms with van der Waals surface area (Å²) in [6.45, 7) is 2.15. The molecule has 122 valence electrons. The number of aromatic nitrogens is 2. The molecular weight excluding hydrogens is 308 g/mol. The number of hydrogen-bond donors (Lipinski definition) is 0. The van der Waals surface area contributed by atoms with E-state index >= 15 is 0 Å². The molecule has 1 aromatic carbocycles. The van der Waals surface area contributed by atoms with Gasteiger partial charge in [0.25, 0.3) is 0 Å². The highest BCUT2D eigenvalue weighted by Crippen LogP contribution is 2.30. The van der Waals surface area contributed by atoms with Crippen molar-refractivity contribution >= 4 is 17.7 Å². The summed E-state index contributed by atoms with van der Waals surface area (Å²) in [5, 5.41) is 13.6. The van der Waals surface area contributed by atoms with E-state index in [1.54, 1.807) is 4.68 Å². The van der Waals surface area contributed by atoms with E-state index in [0.717, 1.165) is 11.3 Å². The maximum atomic E-state index is 12.4. The Morgan fingerprint density at radius 2 is 2.08 bits per heavy atom. The number of nitriles is 1. The molecule has 1 amide bonds. The molecule has 0 radical (unpaired) electrons. The van der Waals surface area contributed by atoms with Gasteiger partial charge in [0.15, 0.2) is 5.82 Å². The summed E-state index contributed by atoms with van der Waals surface area (Å²) in [5.41, 5.74) is 2.12. The van der Waals surface area contributed by atoms with E-state index in [0.29, 0.717) is 5.82 Å². The summed E-state index contributed by atoms with van der Waals surface area (Å²) in [4.78, 5) is 25.5. The zero-order valence-electron chi connectivity index (χ0n) is 13.4. The van der Waals surface area contributed by atoms with Crippen LogP contribution in [0.1, 0.15) is 17.5 Å². The normalized spacial score (nSPS) is 17.0. The second-order valence-electron chi connectivity index (χ2n) is 5.67. The quantitative estimate of drug-likeness (QED) is 0.800. The SMILES string of the molecule is COC(=O)C1CC(=O)N(c2c(C#N)cnn2-c2ccc(C)cc2)C1. The van der Waals surface area contributed by atoms with E-state index in [1.165, 1.54) is 18.2 Å². The van der Waals surface area contributed by atoms with Crippen LogP contribution in [0.5, 0.6) is 0 Å². The van der Waals surface area contributed by atoms with Gasteiger partial charge in [0.05, 0.1) is 24.9 Å². The molecule has 7 nitrogen and oxygen atoms in total. The lowest BCUT2D eigenvalue weighted by Gasteiger charge is -2.18. The number of rotatable bonds is 3. The average Bonchev–Trinajstić information content (AvgIpc) is 3.17. The summed E-state index contributed by atoms with van der Waals surface area (Å²) in [5.74, 6) is -0.797. The molecule has 7 heteroatoms. The van der Waals surface area contributed by atoms with Crippen molar-refractivity contribution in [2.24, 2.45) is 5.92 Å². The number of ether oxygens (including phenoxy) is 1. The summed E-state index contributed by atoms with van der Waals surface area (Å²) >= 11 is 0. The van der Waals surface area contributed by atoms with E-state index in [4.69, 9.17) is 4.74 Å². The molecule has 24 heavy (non-hydrogen) atoms. The van der Waals surface area contributed by atoms with Gasteiger partial charge in [0.1, 0.15) is 11.6 Å². The fourth-order valence-corrected chi connectivity index (χ4v) is 2.79. The Morgan fingerprint density at radius 3 is 2.71 bits per heavy atom. The van der Waals surface area contributed by atoms with Gasteiger partial charge in [-0.3, -0.25) is 14.5 Å². The Labute approximate surface area is 139 Å². The number of esters is 1. The average molecular weight is 324 g/mol. The van der Waals surface area contributed by atoms with Crippen LogP contribution in [-0.4, -0.2) is 35.3 Å². The molecule has 0 saturated carbocycles. The molecule has 0 aliphatic carbocycles. The van der Waals surface area contributed by atoms with Crippen LogP contribution in [0, 0.1) is 24.2 Å². The smallest absolute Gasteiger partial charge is 0.311 e. The van der Waals surface area contributed by atoms with Crippen molar-refractivity contribution in [3.63, 3.8) is 0 Å². The summed E-state index contributed by atoms with van der Waals surface area (Å²) < 4.78 is 6.28. The molecule has 1 aliphatic heterocycles. The minimum Gasteiger partial charge on any atom is -0.469 e. The maximum Gasteiger partial charge on any atom is 0.311 e. The van der Waals surface area contributed by atoms with Crippen molar-refractivity contribution < 1.29 is 14.3 Å². The lowest BCUT2D eigenvalue weighted by molar-refractivity contribution is -0.145. The van der Waals surface area contributed by atoms with Gasteiger partial charge in [0.2, 0.25) is 5.91 Å². The van der Waals surface area contributed by atoms with Crippen molar-refractivity contribution in [2.45, 2.75) is 13.3 Å². The Balaban J connectivity index is 2.03. The van der Waals surface area contributed by atoms with Crippen LogP contribution < -0.4 is 4.90 Å². The molecule has 3 rings (SSSR count). The molecule has 2 aromatic rings. The summed E-state index contributed by atoms with van der Waals surface area (Å²) in [6, 6.07) is 9.64. The second-order valence-corrected chi connectivity index (χ2v) is 5.67. The molecule has 1 aromatic heterocycles. The number of carbonyl (C=O) groups is 2. The van der Waals surface area contributed by atoms with Gasteiger partial charge in [-0.25, -0.2) is 4.68 Å². The van der Waals surface area contributed by atoms with Crippen LogP contribution in [0.2, 0.25) is 0 Å². The predicted molar refractivity (Wildman–Crippen MR) is 85.5 cm³/mol. The van der Waals surface area contributed by atoms with Gasteiger partial charge in [-0.1, -0.05) is 17.7 Å². The van der Waals surface area contributed by atoms with Crippen molar-refractivity contribution in [3.8, 4) is 11.8 Å². The maximum absolute atomic E-state index is 12.4. The highest BCUT2D eigenvalue weighted by atomic mass is 16.5. The molecular formula is C17H16N4O3. The number of carbonyl (C=O) groups excluding carboxylic acids is 2. The van der Waals surface area contributed by atoms with Gasteiger partial charge in [0, 0.05) is 13.0 Å². The minimum absolute atomic E-state index is 0.0661. The van der Waals surface area contributed by atoms with Crippen LogP contribution in [0.15, 0.2) is 30.5 Å². The van der Waals surface area contributed by atoms with E-state index in [9.17, 15) is 14.9 Å². The lowest BCUT2D eigenvalue weighted by atomic mass is 10.1. The number of hydrogen-bond acceptors (Lipinski definition) is 5. The van der Waals surface area contributed by atoms with E-state index in [2.05, 4.69) is 11.2 Å². The topological polar surface area (TPSA) is 88.2 Å². The van der Waals surface area contributed by atoms with Crippen LogP contribution in [0.3, 0.4) is 0 Å². The molecule has 0 bridgehead atoms. The first-order chi connectivity index (χ1) is 11.5. The number of anilines is 1. The number of nitrogens with zero attached hydrogens (tertiary/aromatic N) is 4. The first-order valence-corrected chi connectivity index (χ1v) is 7.48. The lowest BCUT2D eigenvalue weighted by Crippen LogP contribution is -2.29. The van der Waals surface area contributed by atoms with Crippen LogP contribution in [0.25, 0.3) is 5.69 Å². The van der Waals surface area contributed by atoms with E-state index in [-0.39, 0.29) is 24.4 Å². The third-order valence-corrected chi connectivity index (χ3v) is 4.06. The summed E-state index contributed by atoms with van der Waals surface area (Å²) in [7, 11) is 1.30. The molecule has 1 saturated heterocycles. The molecule has 1 unspecified atom stereocenters. The molecule has 1 aliphatic rings. The monoisotopic (exact) mass is 324 g/mol. The number of methoxy groups -OCH3 is 1. The van der Waals surface area contributed by atoms with Crippen molar-refractivity contribution in [3.05, 3.63) is 41.6 Å². The zero-order chi connectivity index (χ0) is 17.3. The second kappa shape index (κ2) is 6.16. The van der Waals surface area contributed by atoms with Crippen LogP contribution >= 0.6 is 0 Å². The Morgan fingerprint density at radius 1 is 1.38 bits per heavy atom. The van der Waals surface area contributed by atoms with Gasteiger partial charge < -0.3 is 4.74 Å². The molecule has 0 spiro atoms. The largest absolute Gasteiger partial charge is 0.469 e. The molecule has 0 N–H and O–H groups in total. The fraction of sp³-hybridized carbons (Fsp3) is 0.294. The zero-order valence-corrected chi connectivity index (χ0v) is 13.4. The standard InChI is InChI=1S/C17H16N4O3/c1-11-3-5-14(6-4-11)21-16(13(8-18)9-19-21)20-10-12(7-15(20)22)17(23)24-2/h3-6,9,12H,7,10H2,1-2H3. The van der Waals surface area contributed by atoms with E-state index < -0.39 is 11.9 Å². The van der Waals surface area contributed by atoms with Gasteiger partial charge in [-0.05, 0) is 19.1 Å². The first-order valence-electron chi connectivity index (χ1n) is 7.48. The third-order valence-electron chi connectivity index (χ3n) is 4.06. The van der Waals surface area contributed by atoms with Crippen LogP contribution in [0.4, 0.5) is 5.82 Å². The highest BCUT2D eigenvalue weighted by molar-refractivity contribution is 5.99. The van der Waals surface area contributed by atoms with Crippen LogP contribution in [-0.2, 0) is 14.3 Å². The summed E-state index contributed by atoms with van der Waals surface area (Å²) in [6.07, 6.45) is 1.49. The number of benzene rings is 1. The van der Waals surface area contributed by atoms with E-state index in [1.807, 2.05) is 31.2 Å². The number of aryl methyl sites for hydroxylation is 1. The van der Waals surface area contributed by atoms with Gasteiger partial charge in [-0.2, -0.15) is 10.4 Å². The van der Waals surface area contributed by atoms with Gasteiger partial charge >= 0.3 is 5.97 Å². The predicted octanol–water partition coefficient (Wildman–Crippen LogP) is 1.58. The molecule has 2 heterocycles. The van der Waals surface area contributed by atoms with Gasteiger partial charge in [-0.15, -0.1) is 0 Å². The Kier molecular flexibility index (Phi) is 4.04. The fourth-order valence-electron chi connectivity index (χ4n) is 2.79. The van der Waals surface area contributed by atoms with Crippen molar-refractivity contribution in [2.75, 3.05) is 18.6 Å². The highest BCUT2D eigenvalue weighted by Gasteiger charge is 2.38. The molecule has 1 atom stereocenters. The Bertz CT molecular complexity index is 833. The number of amides is 1. The van der Waals surface area contributed by atoms with Crippen molar-refractivity contribution in [1.29, 1.82) is 5.26 Å². The third kappa shape index (κ3) is 2.63. The first kappa shape index (κ1) is 15.7. The Hall–Kier alpha value is -3.14.